The lowest BCUT2D eigenvalue weighted by Gasteiger charge is -2.15. The molecular weight excluding hydrogens is 369 g/mol. The number of hydrogen-bond donors (Lipinski definition) is 2. The fourth-order valence-corrected chi connectivity index (χ4v) is 3.55. The minimum absolute atomic E-state index is 0.204. The number of nitrogens with one attached hydrogen (secondary N) is 1. The van der Waals surface area contributed by atoms with Crippen molar-refractivity contribution in [2.75, 3.05) is 37.3 Å². The number of hydrogen-bond acceptors (Lipinski definition) is 8. The van der Waals surface area contributed by atoms with E-state index in [1.807, 2.05) is 5.38 Å². The van der Waals surface area contributed by atoms with Crippen LogP contribution < -0.4 is 15.8 Å². The monoisotopic (exact) mass is 389 g/mol. The summed E-state index contributed by atoms with van der Waals surface area (Å²) >= 11 is 1.39. The molecule has 1 aliphatic rings. The van der Waals surface area contributed by atoms with Crippen LogP contribution in [0.5, 0.6) is 5.75 Å². The van der Waals surface area contributed by atoms with Gasteiger partial charge in [-0.05, 0) is 38.1 Å². The van der Waals surface area contributed by atoms with E-state index in [0.717, 1.165) is 19.6 Å². The number of halogens is 1. The molecule has 4 rings (SSSR count). The molecule has 3 N–H and O–H groups in total. The second-order valence-corrected chi connectivity index (χ2v) is 7.06. The highest BCUT2D eigenvalue weighted by molar-refractivity contribution is 7.12. The van der Waals surface area contributed by atoms with E-state index in [1.54, 1.807) is 18.3 Å². The summed E-state index contributed by atoms with van der Waals surface area (Å²) in [6.45, 7) is 3.48. The number of ether oxygens (including phenoxy) is 1. The Hall–Kier alpha value is -2.72. The predicted molar refractivity (Wildman–Crippen MR) is 102 cm³/mol. The lowest BCUT2D eigenvalue weighted by molar-refractivity contribution is 0.231. The van der Waals surface area contributed by atoms with Gasteiger partial charge < -0.3 is 15.8 Å². The lowest BCUT2D eigenvalue weighted by Crippen LogP contribution is -2.25. The van der Waals surface area contributed by atoms with Crippen LogP contribution in [-0.4, -0.2) is 50.9 Å². The highest BCUT2D eigenvalue weighted by atomic mass is 32.1. The van der Waals surface area contributed by atoms with Crippen LogP contribution in [0.15, 0.2) is 29.8 Å². The quantitative estimate of drug-likeness (QED) is 0.641. The Morgan fingerprint density at radius 1 is 1.30 bits per heavy atom. The second kappa shape index (κ2) is 7.89. The summed E-state index contributed by atoms with van der Waals surface area (Å²) in [5, 5.41) is 9.63. The first-order chi connectivity index (χ1) is 13.2. The molecular formula is C17H20FN7OS. The first-order valence-corrected chi connectivity index (χ1v) is 9.61. The summed E-state index contributed by atoms with van der Waals surface area (Å²) in [6.07, 6.45) is 4.11. The molecule has 0 amide bonds. The molecule has 0 bridgehead atoms. The van der Waals surface area contributed by atoms with E-state index in [2.05, 4.69) is 25.3 Å². The molecule has 2 aromatic heterocycles. The van der Waals surface area contributed by atoms with Gasteiger partial charge in [-0.2, -0.15) is 9.67 Å². The van der Waals surface area contributed by atoms with E-state index in [4.69, 9.17) is 10.5 Å². The van der Waals surface area contributed by atoms with Crippen molar-refractivity contribution >= 4 is 28.9 Å². The van der Waals surface area contributed by atoms with Gasteiger partial charge in [0.15, 0.2) is 11.6 Å². The molecule has 1 aliphatic heterocycles. The molecule has 0 atom stereocenters. The predicted octanol–water partition coefficient (Wildman–Crippen LogP) is 2.66. The van der Waals surface area contributed by atoms with E-state index in [9.17, 15) is 4.39 Å². The average Bonchev–Trinajstić information content (AvgIpc) is 3.39. The fourth-order valence-electron chi connectivity index (χ4n) is 2.95. The van der Waals surface area contributed by atoms with Crippen molar-refractivity contribution in [1.29, 1.82) is 0 Å². The Kier molecular flexibility index (Phi) is 5.16. The van der Waals surface area contributed by atoms with Crippen LogP contribution in [0.25, 0.3) is 5.13 Å². The highest BCUT2D eigenvalue weighted by Gasteiger charge is 2.13. The van der Waals surface area contributed by atoms with Crippen molar-refractivity contribution in [1.82, 2.24) is 24.6 Å². The standard InChI is InChI=1S/C17H20FN7OS/c18-13-11-12(3-4-14(13)26-9-8-24-6-1-2-7-24)21-16-22-15(19)25(23-16)17-20-5-10-27-17/h3-5,10-11H,1-2,6-9H2,(H3,19,21,22,23). The van der Waals surface area contributed by atoms with Crippen molar-refractivity contribution in [3.63, 3.8) is 0 Å². The van der Waals surface area contributed by atoms with Crippen molar-refractivity contribution in [3.8, 4) is 10.9 Å². The minimum atomic E-state index is -0.436. The smallest absolute Gasteiger partial charge is 0.248 e. The van der Waals surface area contributed by atoms with Crippen molar-refractivity contribution in [2.24, 2.45) is 0 Å². The van der Waals surface area contributed by atoms with E-state index in [0.29, 0.717) is 17.4 Å². The van der Waals surface area contributed by atoms with Gasteiger partial charge in [-0.1, -0.05) is 0 Å². The molecule has 1 fully saturated rings. The van der Waals surface area contributed by atoms with E-state index in [1.165, 1.54) is 34.9 Å². The summed E-state index contributed by atoms with van der Waals surface area (Å²) < 4.78 is 21.3. The number of anilines is 3. The Morgan fingerprint density at radius 2 is 2.15 bits per heavy atom. The molecule has 0 unspecified atom stereocenters. The molecule has 142 valence electrons. The molecule has 0 aliphatic carbocycles. The molecule has 0 radical (unpaired) electrons. The van der Waals surface area contributed by atoms with Crippen LogP contribution in [0.1, 0.15) is 12.8 Å². The number of thiazole rings is 1. The third-order valence-corrected chi connectivity index (χ3v) is 5.03. The number of nitrogens with zero attached hydrogens (tertiary/aromatic N) is 5. The maximum absolute atomic E-state index is 14.3. The molecule has 1 aromatic carbocycles. The fraction of sp³-hybridized carbons (Fsp3) is 0.353. The van der Waals surface area contributed by atoms with Gasteiger partial charge >= 0.3 is 0 Å². The van der Waals surface area contributed by atoms with E-state index < -0.39 is 5.82 Å². The van der Waals surface area contributed by atoms with Crippen molar-refractivity contribution < 1.29 is 9.13 Å². The molecule has 27 heavy (non-hydrogen) atoms. The topological polar surface area (TPSA) is 94.1 Å². The molecule has 3 aromatic rings. The Labute approximate surface area is 159 Å². The van der Waals surface area contributed by atoms with Crippen LogP contribution >= 0.6 is 11.3 Å². The van der Waals surface area contributed by atoms with E-state index >= 15 is 0 Å². The van der Waals surface area contributed by atoms with Gasteiger partial charge in [-0.3, -0.25) is 4.90 Å². The van der Waals surface area contributed by atoms with Crippen LogP contribution in [-0.2, 0) is 0 Å². The molecule has 0 spiro atoms. The largest absolute Gasteiger partial charge is 0.489 e. The summed E-state index contributed by atoms with van der Waals surface area (Å²) in [5.74, 6) is 0.272. The number of rotatable bonds is 7. The average molecular weight is 389 g/mol. The first-order valence-electron chi connectivity index (χ1n) is 8.73. The van der Waals surface area contributed by atoms with Crippen LogP contribution in [0, 0.1) is 5.82 Å². The van der Waals surface area contributed by atoms with Crippen molar-refractivity contribution in [2.45, 2.75) is 12.8 Å². The number of nitrogens with two attached hydrogens (primary N) is 1. The van der Waals surface area contributed by atoms with Gasteiger partial charge in [-0.25, -0.2) is 9.37 Å². The number of likely N-dealkylation sites (tertiary alicyclic amines) is 1. The lowest BCUT2D eigenvalue weighted by atomic mass is 10.3. The maximum Gasteiger partial charge on any atom is 0.248 e. The summed E-state index contributed by atoms with van der Waals surface area (Å²) in [5.41, 5.74) is 6.37. The van der Waals surface area contributed by atoms with Gasteiger partial charge in [0.05, 0.1) is 0 Å². The van der Waals surface area contributed by atoms with Gasteiger partial charge in [0.25, 0.3) is 0 Å². The zero-order chi connectivity index (χ0) is 18.6. The first kappa shape index (κ1) is 17.7. The summed E-state index contributed by atoms with van der Waals surface area (Å²) in [4.78, 5) is 10.6. The Balaban J connectivity index is 1.38. The third-order valence-electron chi connectivity index (χ3n) is 4.28. The molecule has 0 saturated carbocycles. The van der Waals surface area contributed by atoms with Crippen molar-refractivity contribution in [3.05, 3.63) is 35.6 Å². The van der Waals surface area contributed by atoms with Gasteiger partial charge in [-0.15, -0.1) is 16.4 Å². The van der Waals surface area contributed by atoms with E-state index in [-0.39, 0.29) is 17.6 Å². The van der Waals surface area contributed by atoms with Gasteiger partial charge in [0.1, 0.15) is 6.61 Å². The van der Waals surface area contributed by atoms with Gasteiger partial charge in [0, 0.05) is 29.9 Å². The van der Waals surface area contributed by atoms with Crippen LogP contribution in [0.3, 0.4) is 0 Å². The number of aromatic nitrogens is 4. The summed E-state index contributed by atoms with van der Waals surface area (Å²) in [7, 11) is 0. The number of benzene rings is 1. The zero-order valence-corrected chi connectivity index (χ0v) is 15.5. The molecule has 8 nitrogen and oxygen atoms in total. The molecule has 10 heteroatoms. The van der Waals surface area contributed by atoms with Crippen LogP contribution in [0.4, 0.5) is 22.0 Å². The Bertz CT molecular complexity index is 893. The third kappa shape index (κ3) is 4.17. The molecule has 3 heterocycles. The maximum atomic E-state index is 14.3. The SMILES string of the molecule is Nc1nc(Nc2ccc(OCCN3CCCC3)c(F)c2)nn1-c1nccs1. The molecule has 1 saturated heterocycles. The second-order valence-electron chi connectivity index (χ2n) is 6.19. The normalized spacial score (nSPS) is 14.6. The highest BCUT2D eigenvalue weighted by Crippen LogP contribution is 2.24. The zero-order valence-electron chi connectivity index (χ0n) is 14.6. The van der Waals surface area contributed by atoms with Gasteiger partial charge in [0.2, 0.25) is 17.0 Å². The Morgan fingerprint density at radius 3 is 2.89 bits per heavy atom. The summed E-state index contributed by atoms with van der Waals surface area (Å²) in [6, 6.07) is 4.67. The number of nitrogen functional groups attached to an aromatic ring is 1. The van der Waals surface area contributed by atoms with Crippen LogP contribution in [0.2, 0.25) is 0 Å². The minimum Gasteiger partial charge on any atom is -0.489 e.